The monoisotopic (exact) mass is 432 g/mol. The molecule has 0 unspecified atom stereocenters. The number of nitrogens with zero attached hydrogens (tertiary/aromatic N) is 2. The van der Waals surface area contributed by atoms with E-state index in [1.807, 2.05) is 30.3 Å². The van der Waals surface area contributed by atoms with Gasteiger partial charge in [-0.2, -0.15) is 8.78 Å². The molecule has 0 aliphatic carbocycles. The summed E-state index contributed by atoms with van der Waals surface area (Å²) in [7, 11) is 0. The number of hydrogen-bond acceptors (Lipinski definition) is 5. The van der Waals surface area contributed by atoms with Crippen LogP contribution in [-0.4, -0.2) is 48.9 Å². The molecule has 164 valence electrons. The van der Waals surface area contributed by atoms with Crippen molar-refractivity contribution in [2.45, 2.75) is 19.5 Å². The molecule has 10 heteroatoms. The number of carbonyl (C=O) groups excluding carboxylic acids is 2. The summed E-state index contributed by atoms with van der Waals surface area (Å²) >= 11 is 0. The lowest BCUT2D eigenvalue weighted by atomic mass is 10.1. The van der Waals surface area contributed by atoms with Gasteiger partial charge >= 0.3 is 12.6 Å². The molecule has 1 aliphatic rings. The first kappa shape index (κ1) is 22.0. The third-order valence-electron chi connectivity index (χ3n) is 4.41. The van der Waals surface area contributed by atoms with Crippen molar-refractivity contribution in [3.05, 3.63) is 54.6 Å². The van der Waals surface area contributed by atoms with Gasteiger partial charge in [0.1, 0.15) is 5.75 Å². The van der Waals surface area contributed by atoms with Crippen LogP contribution >= 0.6 is 0 Å². The summed E-state index contributed by atoms with van der Waals surface area (Å²) < 4.78 is 28.5. The highest BCUT2D eigenvalue weighted by atomic mass is 19.3. The van der Waals surface area contributed by atoms with E-state index < -0.39 is 12.5 Å². The van der Waals surface area contributed by atoms with Crippen LogP contribution in [-0.2, 0) is 9.63 Å². The summed E-state index contributed by atoms with van der Waals surface area (Å²) in [6, 6.07) is 14.6. The number of alkyl halides is 2. The summed E-state index contributed by atoms with van der Waals surface area (Å²) in [5.41, 5.74) is 1.92. The molecule has 0 radical (unpaired) electrons. The quantitative estimate of drug-likeness (QED) is 0.649. The van der Waals surface area contributed by atoms with Gasteiger partial charge in [0.15, 0.2) is 6.61 Å². The Morgan fingerprint density at radius 1 is 0.968 bits per heavy atom. The number of carbonyl (C=O) groups is 2. The van der Waals surface area contributed by atoms with Crippen molar-refractivity contribution in [1.82, 2.24) is 4.90 Å². The lowest BCUT2D eigenvalue weighted by Gasteiger charge is -2.27. The lowest BCUT2D eigenvalue weighted by Crippen LogP contribution is -2.41. The molecule has 0 bridgehead atoms. The Morgan fingerprint density at radius 2 is 1.61 bits per heavy atom. The SMILES string of the molecule is O=C(CON=C1CCN(C(=O)Nc2ccccc2)CC1)Nc1ccc(OC(F)F)cc1. The maximum Gasteiger partial charge on any atom is 0.387 e. The van der Waals surface area contributed by atoms with Gasteiger partial charge in [0.05, 0.1) is 5.71 Å². The van der Waals surface area contributed by atoms with Crippen LogP contribution in [0.2, 0.25) is 0 Å². The normalized spacial score (nSPS) is 13.5. The number of halogens is 2. The van der Waals surface area contributed by atoms with Gasteiger partial charge in [-0.25, -0.2) is 4.79 Å². The zero-order valence-corrected chi connectivity index (χ0v) is 16.6. The molecule has 1 saturated heterocycles. The van der Waals surface area contributed by atoms with E-state index in [1.165, 1.54) is 24.3 Å². The second-order valence-electron chi connectivity index (χ2n) is 6.67. The van der Waals surface area contributed by atoms with Gasteiger partial charge in [-0.05, 0) is 36.4 Å². The van der Waals surface area contributed by atoms with Gasteiger partial charge in [-0.3, -0.25) is 4.79 Å². The number of likely N-dealkylation sites (tertiary alicyclic amines) is 1. The molecule has 0 spiro atoms. The molecule has 3 amide bonds. The standard InChI is InChI=1S/C21H22F2N4O4/c22-20(23)31-18-8-6-16(7-9-18)24-19(28)14-30-26-17-10-12-27(13-11-17)21(29)25-15-4-2-1-3-5-15/h1-9,20H,10-14H2,(H,24,28)(H,25,29). The van der Waals surface area contributed by atoms with E-state index in [-0.39, 0.29) is 18.4 Å². The van der Waals surface area contributed by atoms with E-state index in [9.17, 15) is 18.4 Å². The van der Waals surface area contributed by atoms with Crippen LogP contribution in [0.5, 0.6) is 5.75 Å². The highest BCUT2D eigenvalue weighted by molar-refractivity contribution is 5.93. The topological polar surface area (TPSA) is 92.3 Å². The van der Waals surface area contributed by atoms with Crippen LogP contribution in [0.4, 0.5) is 25.0 Å². The number of oxime groups is 1. The number of amides is 3. The zero-order valence-electron chi connectivity index (χ0n) is 16.6. The van der Waals surface area contributed by atoms with Crippen molar-refractivity contribution in [2.24, 2.45) is 5.16 Å². The Morgan fingerprint density at radius 3 is 2.26 bits per heavy atom. The average molecular weight is 432 g/mol. The van der Waals surface area contributed by atoms with Crippen molar-refractivity contribution in [1.29, 1.82) is 0 Å². The van der Waals surface area contributed by atoms with E-state index in [2.05, 4.69) is 20.5 Å². The maximum absolute atomic E-state index is 12.3. The number of para-hydroxylation sites is 1. The molecule has 1 heterocycles. The van der Waals surface area contributed by atoms with Crippen molar-refractivity contribution in [3.63, 3.8) is 0 Å². The Balaban J connectivity index is 1.37. The number of piperidine rings is 1. The number of rotatable bonds is 7. The fourth-order valence-electron chi connectivity index (χ4n) is 2.88. The minimum atomic E-state index is -2.90. The number of nitrogens with one attached hydrogen (secondary N) is 2. The first-order chi connectivity index (χ1) is 15.0. The maximum atomic E-state index is 12.3. The van der Waals surface area contributed by atoms with E-state index >= 15 is 0 Å². The Bertz CT molecular complexity index is 897. The zero-order chi connectivity index (χ0) is 22.1. The summed E-state index contributed by atoms with van der Waals surface area (Å²) in [5.74, 6) is -0.439. The summed E-state index contributed by atoms with van der Waals surface area (Å²) in [4.78, 5) is 31.0. The third-order valence-corrected chi connectivity index (χ3v) is 4.41. The fraction of sp³-hybridized carbons (Fsp3) is 0.286. The van der Waals surface area contributed by atoms with Crippen molar-refractivity contribution >= 4 is 29.0 Å². The summed E-state index contributed by atoms with van der Waals surface area (Å²) in [6.45, 7) is -2.20. The highest BCUT2D eigenvalue weighted by Gasteiger charge is 2.20. The molecule has 2 aromatic rings. The second kappa shape index (κ2) is 10.9. The predicted octanol–water partition coefficient (Wildman–Crippen LogP) is 3.93. The smallest absolute Gasteiger partial charge is 0.387 e. The van der Waals surface area contributed by atoms with Crippen molar-refractivity contribution in [2.75, 3.05) is 30.3 Å². The van der Waals surface area contributed by atoms with Crippen LogP contribution in [0.1, 0.15) is 12.8 Å². The molecule has 31 heavy (non-hydrogen) atoms. The van der Waals surface area contributed by atoms with Crippen LogP contribution in [0, 0.1) is 0 Å². The molecule has 0 saturated carbocycles. The van der Waals surface area contributed by atoms with Crippen LogP contribution in [0.15, 0.2) is 59.8 Å². The van der Waals surface area contributed by atoms with Gasteiger partial charge in [0, 0.05) is 37.3 Å². The minimum Gasteiger partial charge on any atom is -0.435 e. The third kappa shape index (κ3) is 7.25. The van der Waals surface area contributed by atoms with E-state index in [0.29, 0.717) is 31.6 Å². The molecule has 2 aromatic carbocycles. The van der Waals surface area contributed by atoms with Crippen LogP contribution in [0.3, 0.4) is 0 Å². The molecule has 8 nitrogen and oxygen atoms in total. The first-order valence-corrected chi connectivity index (χ1v) is 9.63. The number of anilines is 2. The van der Waals surface area contributed by atoms with E-state index in [4.69, 9.17) is 4.84 Å². The number of hydrogen-bond donors (Lipinski definition) is 2. The molecule has 1 fully saturated rings. The molecule has 0 aromatic heterocycles. The fourth-order valence-corrected chi connectivity index (χ4v) is 2.88. The summed E-state index contributed by atoms with van der Waals surface area (Å²) in [5, 5.41) is 9.39. The van der Waals surface area contributed by atoms with Gasteiger partial charge in [0.25, 0.3) is 5.91 Å². The molecule has 1 aliphatic heterocycles. The van der Waals surface area contributed by atoms with Crippen LogP contribution in [0.25, 0.3) is 0 Å². The lowest BCUT2D eigenvalue weighted by molar-refractivity contribution is -0.120. The largest absolute Gasteiger partial charge is 0.435 e. The molecular weight excluding hydrogens is 410 g/mol. The van der Waals surface area contributed by atoms with Gasteiger partial charge in [0.2, 0.25) is 0 Å². The van der Waals surface area contributed by atoms with E-state index in [1.54, 1.807) is 4.90 Å². The molecule has 3 rings (SSSR count). The molecular formula is C21H22F2N4O4. The van der Waals surface area contributed by atoms with Crippen molar-refractivity contribution < 1.29 is 27.9 Å². The predicted molar refractivity (Wildman–Crippen MR) is 111 cm³/mol. The van der Waals surface area contributed by atoms with Gasteiger partial charge in [-0.1, -0.05) is 23.4 Å². The van der Waals surface area contributed by atoms with Gasteiger partial charge in [-0.15, -0.1) is 0 Å². The molecule has 0 atom stereocenters. The Kier molecular flexibility index (Phi) is 7.74. The summed E-state index contributed by atoms with van der Waals surface area (Å²) in [6.07, 6.45) is 1.10. The van der Waals surface area contributed by atoms with Crippen molar-refractivity contribution in [3.8, 4) is 5.75 Å². The number of urea groups is 1. The average Bonchev–Trinajstić information content (AvgIpc) is 2.76. The number of benzene rings is 2. The first-order valence-electron chi connectivity index (χ1n) is 9.63. The Hall–Kier alpha value is -3.69. The number of ether oxygens (including phenoxy) is 1. The molecule has 2 N–H and O–H groups in total. The van der Waals surface area contributed by atoms with E-state index in [0.717, 1.165) is 11.4 Å². The Labute approximate surface area is 177 Å². The highest BCUT2D eigenvalue weighted by Crippen LogP contribution is 2.17. The minimum absolute atomic E-state index is 0.000517. The second-order valence-corrected chi connectivity index (χ2v) is 6.67. The van der Waals surface area contributed by atoms with Crippen LogP contribution < -0.4 is 15.4 Å². The van der Waals surface area contributed by atoms with Gasteiger partial charge < -0.3 is 25.1 Å².